The molecule has 2 heterocycles. The maximum atomic E-state index is 12.5. The highest BCUT2D eigenvalue weighted by Crippen LogP contribution is 2.28. The van der Waals surface area contributed by atoms with Gasteiger partial charge in [0.2, 0.25) is 0 Å². The minimum atomic E-state index is -0.374. The van der Waals surface area contributed by atoms with Gasteiger partial charge in [0.15, 0.2) is 0 Å². The average Bonchev–Trinajstić information content (AvgIpc) is 2.94. The van der Waals surface area contributed by atoms with Gasteiger partial charge in [-0.05, 0) is 36.4 Å². The molecule has 2 aromatic heterocycles. The van der Waals surface area contributed by atoms with Gasteiger partial charge in [-0.15, -0.1) is 0 Å². The number of nitrogens with one attached hydrogen (secondary N) is 1. The normalized spacial score (nSPS) is 10.9. The summed E-state index contributed by atoms with van der Waals surface area (Å²) in [5.74, 6) is 0.157. The van der Waals surface area contributed by atoms with Gasteiger partial charge in [-0.1, -0.05) is 24.3 Å². The van der Waals surface area contributed by atoms with Gasteiger partial charge in [0.1, 0.15) is 11.4 Å². The number of para-hydroxylation sites is 1. The third-order valence-corrected chi connectivity index (χ3v) is 3.57. The van der Waals surface area contributed by atoms with Crippen LogP contribution in [0.15, 0.2) is 66.9 Å². The summed E-state index contributed by atoms with van der Waals surface area (Å²) in [5.41, 5.74) is 2.16. The summed E-state index contributed by atoms with van der Waals surface area (Å²) in [5, 5.41) is 1.75. The Morgan fingerprint density at radius 1 is 0.955 bits per heavy atom. The standard InChI is InChI=1S/C18H12N2O2/c21-18(22-12-6-2-1-3-7-12)14-8-4-10-15-16(14)13-9-5-11-19-17(13)20-15/h1-11H,(H,19,20). The number of pyridine rings is 1. The van der Waals surface area contributed by atoms with E-state index in [0.717, 1.165) is 21.9 Å². The monoisotopic (exact) mass is 288 g/mol. The Morgan fingerprint density at radius 2 is 1.82 bits per heavy atom. The fraction of sp³-hybridized carbons (Fsp3) is 0. The van der Waals surface area contributed by atoms with Crippen molar-refractivity contribution in [3.05, 3.63) is 72.4 Å². The van der Waals surface area contributed by atoms with Crippen molar-refractivity contribution in [2.45, 2.75) is 0 Å². The Hall–Kier alpha value is -3.14. The summed E-state index contributed by atoms with van der Waals surface area (Å²) < 4.78 is 5.45. The van der Waals surface area contributed by atoms with Crippen LogP contribution in [0.5, 0.6) is 5.75 Å². The predicted molar refractivity (Wildman–Crippen MR) is 85.0 cm³/mol. The van der Waals surface area contributed by atoms with Gasteiger partial charge in [0.25, 0.3) is 0 Å². The summed E-state index contributed by atoms with van der Waals surface area (Å²) in [6, 6.07) is 18.4. The SMILES string of the molecule is O=C(Oc1ccccc1)c1cccc2[nH]c3ncccc3c12. The Labute approximate surface area is 126 Å². The number of fused-ring (bicyclic) bond motifs is 3. The summed E-state index contributed by atoms with van der Waals surface area (Å²) in [4.78, 5) is 20.0. The lowest BCUT2D eigenvalue weighted by Gasteiger charge is -2.05. The fourth-order valence-electron chi connectivity index (χ4n) is 2.60. The van der Waals surface area contributed by atoms with Gasteiger partial charge < -0.3 is 9.72 Å². The Bertz CT molecular complexity index is 974. The Balaban J connectivity index is 1.86. The minimum Gasteiger partial charge on any atom is -0.423 e. The molecule has 0 unspecified atom stereocenters. The first kappa shape index (κ1) is 12.6. The van der Waals surface area contributed by atoms with Crippen molar-refractivity contribution in [3.8, 4) is 5.75 Å². The zero-order chi connectivity index (χ0) is 14.9. The van der Waals surface area contributed by atoms with Crippen LogP contribution in [0.3, 0.4) is 0 Å². The molecule has 0 atom stereocenters. The number of hydrogen-bond acceptors (Lipinski definition) is 3. The number of hydrogen-bond donors (Lipinski definition) is 1. The second-order valence-corrected chi connectivity index (χ2v) is 4.96. The number of rotatable bonds is 2. The van der Waals surface area contributed by atoms with Crippen LogP contribution in [0, 0.1) is 0 Å². The molecule has 0 spiro atoms. The van der Waals surface area contributed by atoms with Gasteiger partial charge >= 0.3 is 5.97 Å². The third kappa shape index (κ3) is 2.02. The molecule has 22 heavy (non-hydrogen) atoms. The van der Waals surface area contributed by atoms with Crippen LogP contribution < -0.4 is 4.74 Å². The fourth-order valence-corrected chi connectivity index (χ4v) is 2.60. The predicted octanol–water partition coefficient (Wildman–Crippen LogP) is 3.94. The third-order valence-electron chi connectivity index (χ3n) is 3.57. The van der Waals surface area contributed by atoms with E-state index in [1.54, 1.807) is 24.4 Å². The van der Waals surface area contributed by atoms with Crippen molar-refractivity contribution >= 4 is 27.9 Å². The van der Waals surface area contributed by atoms with Gasteiger partial charge in [0.05, 0.1) is 5.56 Å². The number of H-pyrrole nitrogens is 1. The number of aromatic nitrogens is 2. The molecule has 0 amide bonds. The average molecular weight is 288 g/mol. The van der Waals surface area contributed by atoms with Gasteiger partial charge in [-0.25, -0.2) is 9.78 Å². The quantitative estimate of drug-likeness (QED) is 0.449. The molecule has 0 radical (unpaired) electrons. The molecule has 0 bridgehead atoms. The summed E-state index contributed by atoms with van der Waals surface area (Å²) in [6.07, 6.45) is 1.72. The lowest BCUT2D eigenvalue weighted by molar-refractivity contribution is 0.0737. The first-order valence-corrected chi connectivity index (χ1v) is 6.95. The number of benzene rings is 2. The first-order chi connectivity index (χ1) is 10.8. The van der Waals surface area contributed by atoms with Crippen LogP contribution in [0.25, 0.3) is 21.9 Å². The molecule has 2 aromatic carbocycles. The minimum absolute atomic E-state index is 0.374. The van der Waals surface area contributed by atoms with Crippen LogP contribution in [0.4, 0.5) is 0 Å². The van der Waals surface area contributed by atoms with Crippen LogP contribution >= 0.6 is 0 Å². The Morgan fingerprint density at radius 3 is 2.68 bits per heavy atom. The summed E-state index contributed by atoms with van der Waals surface area (Å²) in [6.45, 7) is 0. The van der Waals surface area contributed by atoms with E-state index in [-0.39, 0.29) is 5.97 Å². The second-order valence-electron chi connectivity index (χ2n) is 4.96. The molecule has 0 aliphatic rings. The number of aromatic amines is 1. The van der Waals surface area contributed by atoms with Crippen LogP contribution in [0.1, 0.15) is 10.4 Å². The van der Waals surface area contributed by atoms with Gasteiger partial charge in [-0.3, -0.25) is 0 Å². The van der Waals surface area contributed by atoms with E-state index in [9.17, 15) is 4.79 Å². The molecule has 0 saturated heterocycles. The highest BCUT2D eigenvalue weighted by Gasteiger charge is 2.16. The molecule has 4 aromatic rings. The number of carbonyl (C=O) groups excluding carboxylic acids is 1. The zero-order valence-corrected chi connectivity index (χ0v) is 11.6. The topological polar surface area (TPSA) is 55.0 Å². The number of carbonyl (C=O) groups is 1. The van der Waals surface area contributed by atoms with E-state index < -0.39 is 0 Å². The molecule has 0 aliphatic carbocycles. The van der Waals surface area contributed by atoms with Crippen molar-refractivity contribution in [1.29, 1.82) is 0 Å². The molecular weight excluding hydrogens is 276 g/mol. The Kier molecular flexibility index (Phi) is 2.86. The van der Waals surface area contributed by atoms with E-state index in [4.69, 9.17) is 4.74 Å². The highest BCUT2D eigenvalue weighted by atomic mass is 16.5. The molecule has 0 aliphatic heterocycles. The summed E-state index contributed by atoms with van der Waals surface area (Å²) >= 11 is 0. The summed E-state index contributed by atoms with van der Waals surface area (Å²) in [7, 11) is 0. The second kappa shape index (κ2) is 5.00. The first-order valence-electron chi connectivity index (χ1n) is 6.95. The van der Waals surface area contributed by atoms with Gasteiger partial charge in [0, 0.05) is 22.5 Å². The molecule has 0 saturated carbocycles. The molecule has 4 nitrogen and oxygen atoms in total. The lowest BCUT2D eigenvalue weighted by atomic mass is 10.1. The van der Waals surface area contributed by atoms with Crippen LogP contribution in [-0.4, -0.2) is 15.9 Å². The molecule has 106 valence electrons. The lowest BCUT2D eigenvalue weighted by Crippen LogP contribution is -2.08. The zero-order valence-electron chi connectivity index (χ0n) is 11.6. The molecule has 1 N–H and O–H groups in total. The maximum absolute atomic E-state index is 12.5. The maximum Gasteiger partial charge on any atom is 0.344 e. The van der Waals surface area contributed by atoms with E-state index in [1.165, 1.54) is 0 Å². The van der Waals surface area contributed by atoms with Crippen molar-refractivity contribution in [2.75, 3.05) is 0 Å². The molecule has 0 fully saturated rings. The molecule has 4 heteroatoms. The molecule has 4 rings (SSSR count). The van der Waals surface area contributed by atoms with E-state index in [0.29, 0.717) is 11.3 Å². The van der Waals surface area contributed by atoms with Crippen molar-refractivity contribution in [1.82, 2.24) is 9.97 Å². The highest BCUT2D eigenvalue weighted by molar-refractivity contribution is 6.16. The molecular formula is C18H12N2O2. The van der Waals surface area contributed by atoms with Crippen molar-refractivity contribution in [2.24, 2.45) is 0 Å². The smallest absolute Gasteiger partial charge is 0.344 e. The number of nitrogens with zero attached hydrogens (tertiary/aromatic N) is 1. The number of ether oxygens (including phenoxy) is 1. The number of esters is 1. The van der Waals surface area contributed by atoms with Crippen LogP contribution in [-0.2, 0) is 0 Å². The van der Waals surface area contributed by atoms with Gasteiger partial charge in [-0.2, -0.15) is 0 Å². The van der Waals surface area contributed by atoms with E-state index >= 15 is 0 Å². The largest absolute Gasteiger partial charge is 0.423 e. The van der Waals surface area contributed by atoms with E-state index in [1.807, 2.05) is 42.5 Å². The van der Waals surface area contributed by atoms with Crippen LogP contribution in [0.2, 0.25) is 0 Å². The van der Waals surface area contributed by atoms with E-state index in [2.05, 4.69) is 9.97 Å². The van der Waals surface area contributed by atoms with Crippen molar-refractivity contribution < 1.29 is 9.53 Å². The van der Waals surface area contributed by atoms with Crippen molar-refractivity contribution in [3.63, 3.8) is 0 Å².